The second kappa shape index (κ2) is 7.42. The number of carbonyl (C=O) groups is 1. The van der Waals surface area contributed by atoms with Crippen molar-refractivity contribution in [3.8, 4) is 0 Å². The average molecular weight is 342 g/mol. The molecule has 3 saturated heterocycles. The van der Waals surface area contributed by atoms with Gasteiger partial charge >= 0.3 is 0 Å². The number of likely N-dealkylation sites (tertiary alicyclic amines) is 3. The molecule has 1 amide bonds. The Labute approximate surface area is 151 Å². The first kappa shape index (κ1) is 17.0. The van der Waals surface area contributed by atoms with Crippen LogP contribution in [0.15, 0.2) is 24.5 Å². The maximum atomic E-state index is 12.3. The minimum absolute atomic E-state index is 0.275. The molecule has 0 spiro atoms. The lowest BCUT2D eigenvalue weighted by Gasteiger charge is -2.38. The van der Waals surface area contributed by atoms with Gasteiger partial charge in [0.1, 0.15) is 0 Å². The molecule has 25 heavy (non-hydrogen) atoms. The molecule has 0 aliphatic carbocycles. The highest BCUT2D eigenvalue weighted by atomic mass is 16.2. The summed E-state index contributed by atoms with van der Waals surface area (Å²) in [4.78, 5) is 23.9. The number of hydrogen-bond acceptors (Lipinski definition) is 4. The first-order valence-corrected chi connectivity index (χ1v) is 9.83. The van der Waals surface area contributed by atoms with Crippen molar-refractivity contribution in [3.63, 3.8) is 0 Å². The molecule has 1 aromatic rings. The highest BCUT2D eigenvalue weighted by Gasteiger charge is 2.45. The summed E-state index contributed by atoms with van der Waals surface area (Å²) in [7, 11) is 0. The lowest BCUT2D eigenvalue weighted by molar-refractivity contribution is -0.133. The number of aromatic nitrogens is 1. The number of fused-ring (bicyclic) bond motifs is 1. The van der Waals surface area contributed by atoms with Gasteiger partial charge in [0.2, 0.25) is 5.91 Å². The molecule has 136 valence electrons. The van der Waals surface area contributed by atoms with Gasteiger partial charge in [-0.25, -0.2) is 0 Å². The minimum Gasteiger partial charge on any atom is -0.335 e. The van der Waals surface area contributed by atoms with Crippen molar-refractivity contribution in [2.75, 3.05) is 32.7 Å². The summed E-state index contributed by atoms with van der Waals surface area (Å²) in [5.74, 6) is 0.902. The highest BCUT2D eigenvalue weighted by Crippen LogP contribution is 2.36. The van der Waals surface area contributed by atoms with E-state index in [4.69, 9.17) is 0 Å². The molecule has 0 aromatic carbocycles. The first-order valence-electron chi connectivity index (χ1n) is 9.83. The van der Waals surface area contributed by atoms with Crippen LogP contribution < -0.4 is 0 Å². The van der Waals surface area contributed by atoms with Crippen LogP contribution in [0.1, 0.15) is 38.2 Å². The predicted octanol–water partition coefficient (Wildman–Crippen LogP) is 1.99. The van der Waals surface area contributed by atoms with E-state index < -0.39 is 0 Å². The summed E-state index contributed by atoms with van der Waals surface area (Å²) < 4.78 is 0. The molecular formula is C20H30N4O. The summed E-state index contributed by atoms with van der Waals surface area (Å²) >= 11 is 0. The molecule has 0 saturated carbocycles. The Morgan fingerprint density at radius 2 is 2.08 bits per heavy atom. The third kappa shape index (κ3) is 3.72. The van der Waals surface area contributed by atoms with Crippen LogP contribution >= 0.6 is 0 Å². The zero-order chi connectivity index (χ0) is 17.2. The molecular weight excluding hydrogens is 312 g/mol. The summed E-state index contributed by atoms with van der Waals surface area (Å²) in [6.45, 7) is 8.44. The lowest BCUT2D eigenvalue weighted by Crippen LogP contribution is -2.49. The summed E-state index contributed by atoms with van der Waals surface area (Å²) in [5.41, 5.74) is 1.29. The Morgan fingerprint density at radius 1 is 1.24 bits per heavy atom. The molecule has 0 unspecified atom stereocenters. The Hall–Kier alpha value is -1.46. The number of piperidine rings is 1. The van der Waals surface area contributed by atoms with Gasteiger partial charge in [-0.2, -0.15) is 0 Å². The zero-order valence-corrected chi connectivity index (χ0v) is 15.3. The quantitative estimate of drug-likeness (QED) is 0.839. The second-order valence-corrected chi connectivity index (χ2v) is 8.04. The molecule has 4 heterocycles. The van der Waals surface area contributed by atoms with Crippen molar-refractivity contribution in [2.45, 2.75) is 51.2 Å². The number of rotatable bonds is 4. The summed E-state index contributed by atoms with van der Waals surface area (Å²) in [6.07, 6.45) is 8.72. The molecule has 5 heteroatoms. The zero-order valence-electron chi connectivity index (χ0n) is 15.3. The van der Waals surface area contributed by atoms with Crippen molar-refractivity contribution in [3.05, 3.63) is 30.1 Å². The van der Waals surface area contributed by atoms with Gasteiger partial charge in [0.05, 0.1) is 0 Å². The largest absolute Gasteiger partial charge is 0.335 e. The van der Waals surface area contributed by atoms with Crippen molar-refractivity contribution in [1.29, 1.82) is 0 Å². The van der Waals surface area contributed by atoms with E-state index in [9.17, 15) is 4.79 Å². The average Bonchev–Trinajstić information content (AvgIpc) is 3.23. The number of pyridine rings is 1. The molecule has 0 bridgehead atoms. The van der Waals surface area contributed by atoms with Gasteiger partial charge in [-0.15, -0.1) is 0 Å². The van der Waals surface area contributed by atoms with Crippen LogP contribution in [0.3, 0.4) is 0 Å². The molecule has 3 atom stereocenters. The Kier molecular flexibility index (Phi) is 5.04. The topological polar surface area (TPSA) is 39.7 Å². The van der Waals surface area contributed by atoms with E-state index in [1.807, 2.05) is 18.5 Å². The Bertz CT molecular complexity index is 587. The van der Waals surface area contributed by atoms with E-state index in [1.54, 1.807) is 6.92 Å². The maximum absolute atomic E-state index is 12.3. The molecule has 1 aromatic heterocycles. The minimum atomic E-state index is 0.275. The number of hydrogen-bond donors (Lipinski definition) is 0. The molecule has 3 fully saturated rings. The van der Waals surface area contributed by atoms with E-state index in [0.717, 1.165) is 32.6 Å². The van der Waals surface area contributed by atoms with Crippen molar-refractivity contribution < 1.29 is 4.79 Å². The fourth-order valence-electron chi connectivity index (χ4n) is 5.24. The molecule has 4 rings (SSSR count). The van der Waals surface area contributed by atoms with E-state index in [0.29, 0.717) is 18.0 Å². The number of carbonyl (C=O) groups excluding carboxylic acids is 1. The standard InChI is InChI=1S/C20H30N4O/c1-16(25)24-19(15-22-8-2-3-9-22)11-18-14-23(10-6-20(18)24)13-17-5-4-7-21-12-17/h4-5,7,12,18-20H,2-3,6,8-11,13-15H2,1H3/t18-,19+,20+/m1/s1. The lowest BCUT2D eigenvalue weighted by atomic mass is 9.92. The normalized spacial score (nSPS) is 30.6. The number of nitrogens with zero attached hydrogens (tertiary/aromatic N) is 4. The van der Waals surface area contributed by atoms with E-state index in [2.05, 4.69) is 25.8 Å². The van der Waals surface area contributed by atoms with E-state index in [-0.39, 0.29) is 5.91 Å². The van der Waals surface area contributed by atoms with E-state index >= 15 is 0 Å². The molecule has 0 N–H and O–H groups in total. The van der Waals surface area contributed by atoms with Crippen LogP contribution in [0.5, 0.6) is 0 Å². The van der Waals surface area contributed by atoms with Gasteiger partial charge < -0.3 is 9.80 Å². The molecule has 5 nitrogen and oxygen atoms in total. The third-order valence-corrected chi connectivity index (χ3v) is 6.26. The van der Waals surface area contributed by atoms with Crippen LogP contribution in [-0.2, 0) is 11.3 Å². The van der Waals surface area contributed by atoms with Gasteiger partial charge in [0.15, 0.2) is 0 Å². The van der Waals surface area contributed by atoms with Crippen LogP contribution in [0.2, 0.25) is 0 Å². The van der Waals surface area contributed by atoms with Crippen LogP contribution in [0.25, 0.3) is 0 Å². The van der Waals surface area contributed by atoms with Gasteiger partial charge in [0.25, 0.3) is 0 Å². The fourth-order valence-corrected chi connectivity index (χ4v) is 5.24. The summed E-state index contributed by atoms with van der Waals surface area (Å²) in [5, 5.41) is 0. The molecule has 3 aliphatic heterocycles. The van der Waals surface area contributed by atoms with Crippen LogP contribution in [0, 0.1) is 5.92 Å². The van der Waals surface area contributed by atoms with Gasteiger partial charge in [-0.1, -0.05) is 6.07 Å². The molecule has 0 radical (unpaired) electrons. The van der Waals surface area contributed by atoms with Gasteiger partial charge in [0, 0.05) is 57.6 Å². The number of amides is 1. The highest BCUT2D eigenvalue weighted by molar-refractivity contribution is 5.74. The monoisotopic (exact) mass is 342 g/mol. The van der Waals surface area contributed by atoms with E-state index in [1.165, 1.54) is 37.9 Å². The Morgan fingerprint density at radius 3 is 2.80 bits per heavy atom. The Balaban J connectivity index is 1.41. The smallest absolute Gasteiger partial charge is 0.219 e. The van der Waals surface area contributed by atoms with Crippen molar-refractivity contribution in [2.24, 2.45) is 5.92 Å². The SMILES string of the molecule is CC(=O)N1[C@H](CN2CCCC2)C[C@@H]2CN(Cc3cccnc3)CC[C@@H]21. The fraction of sp³-hybridized carbons (Fsp3) is 0.700. The first-order chi connectivity index (χ1) is 12.2. The van der Waals surface area contributed by atoms with Crippen molar-refractivity contribution >= 4 is 5.91 Å². The maximum Gasteiger partial charge on any atom is 0.219 e. The summed E-state index contributed by atoms with van der Waals surface area (Å²) in [6, 6.07) is 5.05. The van der Waals surface area contributed by atoms with Gasteiger partial charge in [-0.3, -0.25) is 14.7 Å². The van der Waals surface area contributed by atoms with Crippen molar-refractivity contribution in [1.82, 2.24) is 19.7 Å². The molecule has 3 aliphatic rings. The third-order valence-electron chi connectivity index (χ3n) is 6.26. The second-order valence-electron chi connectivity index (χ2n) is 8.04. The van der Waals surface area contributed by atoms with Gasteiger partial charge in [-0.05, 0) is 56.3 Å². The predicted molar refractivity (Wildman–Crippen MR) is 98.0 cm³/mol. The van der Waals surface area contributed by atoms with Crippen LogP contribution in [-0.4, -0.2) is 70.4 Å². The van der Waals surface area contributed by atoms with Crippen LogP contribution in [0.4, 0.5) is 0 Å².